The highest BCUT2D eigenvalue weighted by Crippen LogP contribution is 2.33. The second kappa shape index (κ2) is 10.5. The van der Waals surface area contributed by atoms with Gasteiger partial charge in [-0.2, -0.15) is 0 Å². The lowest BCUT2D eigenvalue weighted by atomic mass is 9.91. The average molecular weight is 499 g/mol. The molecule has 0 radical (unpaired) electrons. The highest BCUT2D eigenvalue weighted by atomic mass is 32.1. The molecule has 3 heterocycles. The molecule has 1 saturated heterocycles. The van der Waals surface area contributed by atoms with Crippen LogP contribution in [0.3, 0.4) is 0 Å². The molecule has 2 aromatic heterocycles. The van der Waals surface area contributed by atoms with Crippen LogP contribution >= 0.6 is 11.3 Å². The van der Waals surface area contributed by atoms with Gasteiger partial charge in [0.05, 0.1) is 29.0 Å². The highest BCUT2D eigenvalue weighted by molar-refractivity contribution is 7.09. The summed E-state index contributed by atoms with van der Waals surface area (Å²) in [5.74, 6) is -0.304. The van der Waals surface area contributed by atoms with Crippen molar-refractivity contribution in [3.63, 3.8) is 0 Å². The van der Waals surface area contributed by atoms with E-state index in [4.69, 9.17) is 4.52 Å². The van der Waals surface area contributed by atoms with Crippen molar-refractivity contribution in [2.24, 2.45) is 5.92 Å². The summed E-state index contributed by atoms with van der Waals surface area (Å²) in [7, 11) is 0. The van der Waals surface area contributed by atoms with Crippen LogP contribution in [0.4, 0.5) is 0 Å². The van der Waals surface area contributed by atoms with Crippen LogP contribution in [0.15, 0.2) is 39.9 Å². The maximum Gasteiger partial charge on any atom is 0.243 e. The molecule has 0 spiro atoms. The molecule has 2 amide bonds. The molecule has 5 atom stereocenters. The molecular weight excluding hydrogens is 464 g/mol. The monoisotopic (exact) mass is 498 g/mol. The third-order valence-electron chi connectivity index (χ3n) is 6.86. The van der Waals surface area contributed by atoms with Crippen molar-refractivity contribution in [3.8, 4) is 0 Å². The summed E-state index contributed by atoms with van der Waals surface area (Å²) in [6, 6.07) is 0.815. The molecule has 2 aliphatic rings. The fourth-order valence-electron chi connectivity index (χ4n) is 4.96. The second-order valence-corrected chi connectivity index (χ2v) is 10.8. The number of nitrogens with one attached hydrogen (secondary N) is 1. The van der Waals surface area contributed by atoms with Gasteiger partial charge in [-0.15, -0.1) is 11.3 Å². The number of likely N-dealkylation sites (tertiary alicyclic amines) is 1. The molecule has 0 saturated carbocycles. The lowest BCUT2D eigenvalue weighted by Crippen LogP contribution is -2.50. The van der Waals surface area contributed by atoms with Crippen molar-refractivity contribution in [2.75, 3.05) is 6.54 Å². The topological polar surface area (TPSA) is 109 Å². The van der Waals surface area contributed by atoms with Crippen molar-refractivity contribution in [3.05, 3.63) is 57.4 Å². The first-order valence-electron chi connectivity index (χ1n) is 12.2. The number of carbonyl (C=O) groups excluding carboxylic acids is 2. The summed E-state index contributed by atoms with van der Waals surface area (Å²) in [4.78, 5) is 33.9. The summed E-state index contributed by atoms with van der Waals surface area (Å²) >= 11 is 1.67. The van der Waals surface area contributed by atoms with Crippen LogP contribution in [0.5, 0.6) is 0 Å². The summed E-state index contributed by atoms with van der Waals surface area (Å²) in [5.41, 5.74) is 4.67. The Hall–Kier alpha value is -2.78. The van der Waals surface area contributed by atoms with Crippen molar-refractivity contribution < 1.29 is 19.2 Å². The van der Waals surface area contributed by atoms with E-state index < -0.39 is 18.1 Å². The van der Waals surface area contributed by atoms with Crippen molar-refractivity contribution in [2.45, 2.75) is 77.5 Å². The largest absolute Gasteiger partial charge is 0.391 e. The number of aromatic nitrogens is 2. The Labute approximate surface area is 210 Å². The molecule has 8 nitrogen and oxygen atoms in total. The number of β-amino-alcohol motifs (C(OH)–C–C–N with tert-alkyl or cyclic N) is 1. The zero-order valence-corrected chi connectivity index (χ0v) is 21.7. The summed E-state index contributed by atoms with van der Waals surface area (Å²) in [6.07, 6.45) is 6.71. The number of allylic oxidation sites excluding steroid dienone is 2. The van der Waals surface area contributed by atoms with Gasteiger partial charge in [-0.05, 0) is 38.7 Å². The zero-order valence-electron chi connectivity index (χ0n) is 20.9. The van der Waals surface area contributed by atoms with Crippen LogP contribution in [0, 0.1) is 19.8 Å². The van der Waals surface area contributed by atoms with Crippen LogP contribution in [0.25, 0.3) is 0 Å². The van der Waals surface area contributed by atoms with Gasteiger partial charge in [0.25, 0.3) is 0 Å². The molecular formula is C26H34N4O4S. The van der Waals surface area contributed by atoms with Crippen LogP contribution in [-0.2, 0) is 9.59 Å². The fourth-order valence-corrected chi connectivity index (χ4v) is 5.86. The molecule has 1 aliphatic heterocycles. The predicted octanol–water partition coefficient (Wildman–Crippen LogP) is 3.62. The number of hydrogen-bond acceptors (Lipinski definition) is 7. The van der Waals surface area contributed by atoms with Gasteiger partial charge in [-0.25, -0.2) is 4.98 Å². The standard InChI is InChI=1S/C26H34N4O4S/c1-14(2)23(22-10-15(3)29-34-22)26(33)30-12-20(31)11-21(30)25(32)28-16(4)18-6-8-19(9-7-18)24-17(5)27-13-35-24/h6-8,10,13-14,16,19-21,23,31H,9,11-12H2,1-5H3,(H,28,32)/t16-,19?,20+,21-,23+/m0/s1. The van der Waals surface area contributed by atoms with Gasteiger partial charge in [-0.3, -0.25) is 9.59 Å². The van der Waals surface area contributed by atoms with Gasteiger partial charge in [-0.1, -0.05) is 37.2 Å². The minimum absolute atomic E-state index is 0.0529. The predicted molar refractivity (Wildman–Crippen MR) is 134 cm³/mol. The first kappa shape index (κ1) is 25.3. The summed E-state index contributed by atoms with van der Waals surface area (Å²) < 4.78 is 5.40. The van der Waals surface area contributed by atoms with Gasteiger partial charge in [0.1, 0.15) is 17.7 Å². The number of nitrogens with zero attached hydrogens (tertiary/aromatic N) is 3. The van der Waals surface area contributed by atoms with Crippen molar-refractivity contribution in [1.82, 2.24) is 20.4 Å². The Morgan fingerprint density at radius 2 is 2.06 bits per heavy atom. The molecule has 35 heavy (non-hydrogen) atoms. The van der Waals surface area contributed by atoms with Gasteiger partial charge < -0.3 is 19.8 Å². The normalized spacial score (nSPS) is 23.9. The Bertz CT molecular complexity index is 1130. The number of amides is 2. The molecule has 1 fully saturated rings. The van der Waals surface area contributed by atoms with E-state index in [9.17, 15) is 14.7 Å². The van der Waals surface area contributed by atoms with E-state index in [-0.39, 0.29) is 36.7 Å². The molecule has 0 aromatic carbocycles. The number of carbonyl (C=O) groups is 2. The number of aliphatic hydroxyl groups is 1. The maximum atomic E-state index is 13.5. The lowest BCUT2D eigenvalue weighted by molar-refractivity contribution is -0.141. The quantitative estimate of drug-likeness (QED) is 0.604. The fraction of sp³-hybridized carbons (Fsp3) is 0.538. The van der Waals surface area contributed by atoms with E-state index in [1.165, 1.54) is 9.78 Å². The molecule has 2 N–H and O–H groups in total. The molecule has 0 bridgehead atoms. The van der Waals surface area contributed by atoms with Gasteiger partial charge in [0.2, 0.25) is 11.8 Å². The van der Waals surface area contributed by atoms with Gasteiger partial charge >= 0.3 is 0 Å². The number of aliphatic hydroxyl groups excluding tert-OH is 1. The zero-order chi connectivity index (χ0) is 25.3. The van der Waals surface area contributed by atoms with Crippen LogP contribution in [-0.4, -0.2) is 56.7 Å². The molecule has 9 heteroatoms. The Kier molecular flexibility index (Phi) is 7.56. The molecule has 188 valence electrons. The van der Waals surface area contributed by atoms with Crippen molar-refractivity contribution in [1.29, 1.82) is 0 Å². The Morgan fingerprint density at radius 1 is 1.29 bits per heavy atom. The Morgan fingerprint density at radius 3 is 2.63 bits per heavy atom. The van der Waals surface area contributed by atoms with E-state index in [0.717, 1.165) is 17.7 Å². The van der Waals surface area contributed by atoms with E-state index in [2.05, 4.69) is 33.7 Å². The number of aryl methyl sites for hydroxylation is 2. The molecule has 4 rings (SSSR count). The number of rotatable bonds is 7. The first-order valence-corrected chi connectivity index (χ1v) is 13.0. The Balaban J connectivity index is 1.43. The summed E-state index contributed by atoms with van der Waals surface area (Å²) in [5, 5.41) is 17.3. The van der Waals surface area contributed by atoms with E-state index >= 15 is 0 Å². The highest BCUT2D eigenvalue weighted by Gasteiger charge is 2.43. The van der Waals surface area contributed by atoms with E-state index in [0.29, 0.717) is 17.4 Å². The van der Waals surface area contributed by atoms with Gasteiger partial charge in [0, 0.05) is 29.8 Å². The summed E-state index contributed by atoms with van der Waals surface area (Å²) in [6.45, 7) is 9.78. The van der Waals surface area contributed by atoms with Crippen molar-refractivity contribution >= 4 is 23.2 Å². The SMILES string of the molecule is Cc1cc([C@H](C(=O)N2C[C@H](O)C[C@H]2C(=O)N[C@@H](C)C2=CCC(c3scnc3C)C=C2)C(C)C)on1. The molecule has 2 aromatic rings. The van der Waals surface area contributed by atoms with Crippen LogP contribution < -0.4 is 5.32 Å². The number of thiazole rings is 1. The third-order valence-corrected chi connectivity index (χ3v) is 7.92. The lowest BCUT2D eigenvalue weighted by Gasteiger charge is -2.30. The number of hydrogen-bond donors (Lipinski definition) is 2. The minimum atomic E-state index is -0.744. The first-order chi connectivity index (χ1) is 16.7. The third kappa shape index (κ3) is 5.41. The van der Waals surface area contributed by atoms with Gasteiger partial charge in [0.15, 0.2) is 0 Å². The smallest absolute Gasteiger partial charge is 0.243 e. The van der Waals surface area contributed by atoms with Crippen LogP contribution in [0.2, 0.25) is 0 Å². The maximum absolute atomic E-state index is 13.5. The molecule has 1 aliphatic carbocycles. The minimum Gasteiger partial charge on any atom is -0.391 e. The second-order valence-electron chi connectivity index (χ2n) is 9.93. The van der Waals surface area contributed by atoms with Crippen LogP contribution in [0.1, 0.15) is 67.5 Å². The van der Waals surface area contributed by atoms with E-state index in [1.807, 2.05) is 33.2 Å². The molecule has 1 unspecified atom stereocenters. The average Bonchev–Trinajstić information content (AvgIpc) is 3.53. The van der Waals surface area contributed by atoms with E-state index in [1.54, 1.807) is 24.3 Å².